The van der Waals surface area contributed by atoms with Crippen molar-refractivity contribution in [3.05, 3.63) is 59.4 Å². The normalized spacial score (nSPS) is 12.1. The van der Waals surface area contributed by atoms with Crippen LogP contribution >= 0.6 is 0 Å². The third-order valence-electron chi connectivity index (χ3n) is 3.52. The number of hydrogen-bond acceptors (Lipinski definition) is 3. The van der Waals surface area contributed by atoms with Crippen molar-refractivity contribution in [1.29, 1.82) is 0 Å². The van der Waals surface area contributed by atoms with Crippen molar-refractivity contribution in [2.24, 2.45) is 0 Å². The largest absolute Gasteiger partial charge is 0.494 e. The Kier molecular flexibility index (Phi) is 5.76. The summed E-state index contributed by atoms with van der Waals surface area (Å²) < 4.78 is 5.80. The molecule has 1 N–H and O–H groups in total. The van der Waals surface area contributed by atoms with E-state index in [2.05, 4.69) is 42.3 Å². The molecule has 2 aromatic rings. The Balaban J connectivity index is 2.43. The fraction of sp³-hybridized carbons (Fsp3) is 0.389. The second kappa shape index (κ2) is 7.79. The lowest BCUT2D eigenvalue weighted by molar-refractivity contribution is 0.333. The summed E-state index contributed by atoms with van der Waals surface area (Å²) >= 11 is 0. The van der Waals surface area contributed by atoms with Gasteiger partial charge in [-0.25, -0.2) is 0 Å². The van der Waals surface area contributed by atoms with Crippen molar-refractivity contribution < 1.29 is 4.74 Å². The van der Waals surface area contributed by atoms with E-state index in [1.165, 1.54) is 16.7 Å². The number of rotatable bonds is 7. The Morgan fingerprint density at radius 1 is 1.14 bits per heavy atom. The molecule has 0 radical (unpaired) electrons. The van der Waals surface area contributed by atoms with Crippen LogP contribution in [0.3, 0.4) is 0 Å². The van der Waals surface area contributed by atoms with Gasteiger partial charge in [-0.2, -0.15) is 0 Å². The summed E-state index contributed by atoms with van der Waals surface area (Å²) in [6.45, 7) is 7.94. The molecular formula is C18H24N2O. The van der Waals surface area contributed by atoms with Crippen LogP contribution in [0.5, 0.6) is 5.75 Å². The molecule has 1 heterocycles. The van der Waals surface area contributed by atoms with E-state index in [0.29, 0.717) is 6.61 Å². The topological polar surface area (TPSA) is 34.2 Å². The van der Waals surface area contributed by atoms with Crippen molar-refractivity contribution in [3.8, 4) is 5.75 Å². The van der Waals surface area contributed by atoms with Gasteiger partial charge in [-0.15, -0.1) is 0 Å². The first-order valence-electron chi connectivity index (χ1n) is 7.63. The summed E-state index contributed by atoms with van der Waals surface area (Å²) in [6, 6.07) is 10.4. The van der Waals surface area contributed by atoms with Gasteiger partial charge in [-0.3, -0.25) is 4.98 Å². The maximum atomic E-state index is 5.80. The van der Waals surface area contributed by atoms with Gasteiger partial charge in [0.05, 0.1) is 12.6 Å². The van der Waals surface area contributed by atoms with Gasteiger partial charge in [-0.1, -0.05) is 25.1 Å². The predicted molar refractivity (Wildman–Crippen MR) is 86.7 cm³/mol. The number of para-hydroxylation sites is 1. The molecule has 0 amide bonds. The van der Waals surface area contributed by atoms with E-state index in [-0.39, 0.29) is 6.04 Å². The Morgan fingerprint density at radius 3 is 2.67 bits per heavy atom. The van der Waals surface area contributed by atoms with Gasteiger partial charge in [0, 0.05) is 18.0 Å². The molecule has 0 aliphatic carbocycles. The Morgan fingerprint density at radius 2 is 1.95 bits per heavy atom. The summed E-state index contributed by atoms with van der Waals surface area (Å²) in [5.41, 5.74) is 3.62. The molecule has 21 heavy (non-hydrogen) atoms. The van der Waals surface area contributed by atoms with E-state index >= 15 is 0 Å². The average molecular weight is 284 g/mol. The highest BCUT2D eigenvalue weighted by molar-refractivity contribution is 5.43. The van der Waals surface area contributed by atoms with E-state index in [0.717, 1.165) is 18.7 Å². The molecule has 112 valence electrons. The molecule has 0 aliphatic heterocycles. The fourth-order valence-electron chi connectivity index (χ4n) is 2.46. The molecule has 1 aromatic carbocycles. The van der Waals surface area contributed by atoms with Crippen molar-refractivity contribution in [2.75, 3.05) is 13.2 Å². The summed E-state index contributed by atoms with van der Waals surface area (Å²) in [7, 11) is 0. The molecule has 1 unspecified atom stereocenters. The van der Waals surface area contributed by atoms with Crippen LogP contribution in [-0.4, -0.2) is 18.1 Å². The molecule has 0 spiro atoms. The lowest BCUT2D eigenvalue weighted by Crippen LogP contribution is -2.24. The Bertz CT molecular complexity index is 569. The van der Waals surface area contributed by atoms with E-state index in [1.54, 1.807) is 0 Å². The molecule has 0 aliphatic rings. The summed E-state index contributed by atoms with van der Waals surface area (Å²) in [4.78, 5) is 4.29. The highest BCUT2D eigenvalue weighted by Crippen LogP contribution is 2.31. The molecule has 0 fully saturated rings. The van der Waals surface area contributed by atoms with Gasteiger partial charge in [0.1, 0.15) is 5.75 Å². The number of ether oxygens (including phenoxy) is 1. The van der Waals surface area contributed by atoms with Crippen LogP contribution in [0.4, 0.5) is 0 Å². The number of benzene rings is 1. The zero-order chi connectivity index (χ0) is 15.1. The number of nitrogens with zero attached hydrogens (tertiary/aromatic N) is 1. The van der Waals surface area contributed by atoms with Crippen molar-refractivity contribution in [2.45, 2.75) is 33.2 Å². The quantitative estimate of drug-likeness (QED) is 0.838. The predicted octanol–water partition coefficient (Wildman–Crippen LogP) is 3.88. The lowest BCUT2D eigenvalue weighted by atomic mass is 9.96. The van der Waals surface area contributed by atoms with Gasteiger partial charge < -0.3 is 10.1 Å². The number of pyridine rings is 1. The Hall–Kier alpha value is -1.87. The highest BCUT2D eigenvalue weighted by Gasteiger charge is 2.19. The third kappa shape index (κ3) is 3.82. The van der Waals surface area contributed by atoms with E-state index in [1.807, 2.05) is 31.5 Å². The first kappa shape index (κ1) is 15.5. The number of aryl methyl sites for hydroxylation is 1. The summed E-state index contributed by atoms with van der Waals surface area (Å²) in [5, 5.41) is 3.62. The van der Waals surface area contributed by atoms with Crippen molar-refractivity contribution in [1.82, 2.24) is 10.3 Å². The number of nitrogens with one attached hydrogen (secondary N) is 1. The van der Waals surface area contributed by atoms with Crippen LogP contribution in [0.15, 0.2) is 42.7 Å². The van der Waals surface area contributed by atoms with Gasteiger partial charge in [-0.05, 0) is 50.1 Å². The van der Waals surface area contributed by atoms with Crippen LogP contribution in [0.25, 0.3) is 0 Å². The van der Waals surface area contributed by atoms with E-state index in [9.17, 15) is 0 Å². The monoisotopic (exact) mass is 284 g/mol. The first-order valence-corrected chi connectivity index (χ1v) is 7.63. The van der Waals surface area contributed by atoms with Crippen LogP contribution < -0.4 is 10.1 Å². The molecule has 0 bridgehead atoms. The second-order valence-corrected chi connectivity index (χ2v) is 5.09. The molecule has 0 saturated carbocycles. The summed E-state index contributed by atoms with van der Waals surface area (Å²) in [6.07, 6.45) is 4.88. The van der Waals surface area contributed by atoms with Crippen molar-refractivity contribution >= 4 is 0 Å². The SMILES string of the molecule is CCCNC(c1cnccc1C)c1ccccc1OCC. The standard InChI is InChI=1S/C18H24N2O/c1-4-11-20-18(16-13-19-12-10-14(16)3)15-8-6-7-9-17(15)21-5-2/h6-10,12-13,18,20H,4-5,11H2,1-3H3. The molecule has 2 rings (SSSR count). The molecule has 0 saturated heterocycles. The van der Waals surface area contributed by atoms with Gasteiger partial charge in [0.25, 0.3) is 0 Å². The lowest BCUT2D eigenvalue weighted by Gasteiger charge is -2.23. The van der Waals surface area contributed by atoms with Crippen LogP contribution in [0.2, 0.25) is 0 Å². The zero-order valence-electron chi connectivity index (χ0n) is 13.1. The average Bonchev–Trinajstić information content (AvgIpc) is 2.51. The summed E-state index contributed by atoms with van der Waals surface area (Å²) in [5.74, 6) is 0.942. The maximum absolute atomic E-state index is 5.80. The second-order valence-electron chi connectivity index (χ2n) is 5.09. The van der Waals surface area contributed by atoms with Gasteiger partial charge >= 0.3 is 0 Å². The van der Waals surface area contributed by atoms with Crippen LogP contribution in [0, 0.1) is 6.92 Å². The van der Waals surface area contributed by atoms with E-state index in [4.69, 9.17) is 4.74 Å². The number of hydrogen-bond donors (Lipinski definition) is 1. The van der Waals surface area contributed by atoms with Gasteiger partial charge in [0.2, 0.25) is 0 Å². The van der Waals surface area contributed by atoms with Crippen molar-refractivity contribution in [3.63, 3.8) is 0 Å². The van der Waals surface area contributed by atoms with Crippen LogP contribution in [0.1, 0.15) is 43.0 Å². The molecule has 3 nitrogen and oxygen atoms in total. The molecular weight excluding hydrogens is 260 g/mol. The van der Waals surface area contributed by atoms with E-state index < -0.39 is 0 Å². The minimum absolute atomic E-state index is 0.112. The molecule has 1 aromatic heterocycles. The molecule has 1 atom stereocenters. The highest BCUT2D eigenvalue weighted by atomic mass is 16.5. The minimum atomic E-state index is 0.112. The number of aromatic nitrogens is 1. The van der Waals surface area contributed by atoms with Gasteiger partial charge in [0.15, 0.2) is 0 Å². The maximum Gasteiger partial charge on any atom is 0.124 e. The smallest absolute Gasteiger partial charge is 0.124 e. The molecule has 3 heteroatoms. The zero-order valence-corrected chi connectivity index (χ0v) is 13.1. The minimum Gasteiger partial charge on any atom is -0.494 e. The first-order chi connectivity index (χ1) is 10.3. The third-order valence-corrected chi connectivity index (χ3v) is 3.52. The Labute approximate surface area is 127 Å². The van der Waals surface area contributed by atoms with Crippen LogP contribution in [-0.2, 0) is 0 Å². The fourth-order valence-corrected chi connectivity index (χ4v) is 2.46.